The molecule has 0 radical (unpaired) electrons. The molecule has 1 heterocycles. The van der Waals surface area contributed by atoms with Crippen molar-refractivity contribution < 1.29 is 0 Å². The number of hydrogen-bond donors (Lipinski definition) is 0. The molecule has 15 heavy (non-hydrogen) atoms. The van der Waals surface area contributed by atoms with Gasteiger partial charge >= 0.3 is 0 Å². The van der Waals surface area contributed by atoms with Gasteiger partial charge in [-0.05, 0) is 29.5 Å². The van der Waals surface area contributed by atoms with Crippen molar-refractivity contribution in [3.05, 3.63) is 35.5 Å². The molecule has 0 amide bonds. The Labute approximate surface area is 91.7 Å². The highest BCUT2D eigenvalue weighted by Gasteiger charge is 2.20. The van der Waals surface area contributed by atoms with E-state index in [1.807, 2.05) is 0 Å². The summed E-state index contributed by atoms with van der Waals surface area (Å²) in [5.74, 6) is 0. The second-order valence-electron chi connectivity index (χ2n) is 5.37. The summed E-state index contributed by atoms with van der Waals surface area (Å²) in [6.07, 6.45) is 2.26. The van der Waals surface area contributed by atoms with E-state index in [1.165, 1.54) is 22.0 Å². The summed E-state index contributed by atoms with van der Waals surface area (Å²) in [6, 6.07) is 6.51. The fraction of sp³-hybridized carbons (Fsp3) is 0.429. The van der Waals surface area contributed by atoms with Crippen molar-refractivity contribution in [2.24, 2.45) is 7.05 Å². The second kappa shape index (κ2) is 3.13. The molecule has 0 aliphatic heterocycles. The molecule has 0 bridgehead atoms. The number of hydrogen-bond acceptors (Lipinski definition) is 0. The zero-order valence-electron chi connectivity index (χ0n) is 10.3. The minimum atomic E-state index is 0.214. The van der Waals surface area contributed by atoms with Crippen molar-refractivity contribution in [2.75, 3.05) is 0 Å². The predicted molar refractivity (Wildman–Crippen MR) is 66.4 cm³/mol. The maximum absolute atomic E-state index is 2.27. The number of nitrogens with zero attached hydrogens (tertiary/aromatic N) is 1. The second-order valence-corrected chi connectivity index (χ2v) is 5.37. The molecule has 0 N–H and O–H groups in total. The molecule has 0 saturated heterocycles. The van der Waals surface area contributed by atoms with E-state index in [4.69, 9.17) is 0 Å². The third kappa shape index (κ3) is 1.56. The Morgan fingerprint density at radius 1 is 1.13 bits per heavy atom. The molecule has 1 aromatic carbocycles. The third-order valence-electron chi connectivity index (χ3n) is 3.03. The Bertz CT molecular complexity index is 498. The molecule has 1 nitrogen and oxygen atoms in total. The number of rotatable bonds is 0. The van der Waals surface area contributed by atoms with Crippen molar-refractivity contribution in [3.63, 3.8) is 0 Å². The summed E-state index contributed by atoms with van der Waals surface area (Å²) in [4.78, 5) is 0. The molecule has 0 aliphatic rings. The number of benzene rings is 1. The molecule has 80 valence electrons. The van der Waals surface area contributed by atoms with Crippen molar-refractivity contribution in [2.45, 2.75) is 33.1 Å². The molecule has 0 atom stereocenters. The minimum Gasteiger partial charge on any atom is -0.350 e. The van der Waals surface area contributed by atoms with Gasteiger partial charge in [-0.3, -0.25) is 0 Å². The fourth-order valence-electron chi connectivity index (χ4n) is 2.19. The van der Waals surface area contributed by atoms with Gasteiger partial charge in [-0.25, -0.2) is 0 Å². The van der Waals surface area contributed by atoms with Crippen LogP contribution in [0.3, 0.4) is 0 Å². The molecule has 2 rings (SSSR count). The Morgan fingerprint density at radius 2 is 1.80 bits per heavy atom. The van der Waals surface area contributed by atoms with Gasteiger partial charge in [0.05, 0.1) is 0 Å². The number of fused-ring (bicyclic) bond motifs is 1. The monoisotopic (exact) mass is 201 g/mol. The van der Waals surface area contributed by atoms with Crippen LogP contribution in [0.1, 0.15) is 31.9 Å². The largest absolute Gasteiger partial charge is 0.350 e. The molecule has 1 aromatic heterocycles. The summed E-state index contributed by atoms with van der Waals surface area (Å²) in [5, 5.41) is 1.42. The van der Waals surface area contributed by atoms with Crippen LogP contribution in [-0.2, 0) is 12.5 Å². The fourth-order valence-corrected chi connectivity index (χ4v) is 2.19. The molecule has 0 saturated carbocycles. The van der Waals surface area contributed by atoms with Gasteiger partial charge in [-0.15, -0.1) is 0 Å². The first kappa shape index (κ1) is 10.3. The molecule has 0 fully saturated rings. The predicted octanol–water partition coefficient (Wildman–Crippen LogP) is 3.78. The van der Waals surface area contributed by atoms with Crippen molar-refractivity contribution in [1.29, 1.82) is 0 Å². The highest BCUT2D eigenvalue weighted by atomic mass is 14.9. The Hall–Kier alpha value is -1.24. The van der Waals surface area contributed by atoms with Gasteiger partial charge in [-0.2, -0.15) is 0 Å². The highest BCUT2D eigenvalue weighted by Crippen LogP contribution is 2.32. The molecule has 0 unspecified atom stereocenters. The van der Waals surface area contributed by atoms with Crippen molar-refractivity contribution in [1.82, 2.24) is 4.57 Å². The first-order valence-electron chi connectivity index (χ1n) is 5.46. The van der Waals surface area contributed by atoms with Crippen molar-refractivity contribution >= 4 is 10.9 Å². The van der Waals surface area contributed by atoms with E-state index in [0.717, 1.165) is 0 Å². The molecular formula is C14H19N. The van der Waals surface area contributed by atoms with E-state index >= 15 is 0 Å². The number of aromatic nitrogens is 1. The molecule has 0 spiro atoms. The Kier molecular flexibility index (Phi) is 2.14. The lowest BCUT2D eigenvalue weighted by Crippen LogP contribution is -2.10. The summed E-state index contributed by atoms with van der Waals surface area (Å²) in [6.45, 7) is 9.01. The molecule has 2 aromatic rings. The Balaban J connectivity index is 2.88. The van der Waals surface area contributed by atoms with E-state index in [1.54, 1.807) is 0 Å². The van der Waals surface area contributed by atoms with Crippen LogP contribution in [0.2, 0.25) is 0 Å². The van der Waals surface area contributed by atoms with Gasteiger partial charge in [0.1, 0.15) is 0 Å². The standard InChI is InChI=1S/C14H19N/c1-10-7-6-8-12-13(10)11(9-15(12)5)14(2,3)4/h6-9H,1-5H3. The van der Waals surface area contributed by atoms with Crippen LogP contribution in [-0.4, -0.2) is 4.57 Å². The van der Waals surface area contributed by atoms with Crippen LogP contribution in [0, 0.1) is 6.92 Å². The number of aryl methyl sites for hydroxylation is 2. The molecular weight excluding hydrogens is 182 g/mol. The van der Waals surface area contributed by atoms with Gasteiger partial charge in [0, 0.05) is 24.1 Å². The average Bonchev–Trinajstić information content (AvgIpc) is 2.45. The van der Waals surface area contributed by atoms with E-state index in [9.17, 15) is 0 Å². The first-order valence-corrected chi connectivity index (χ1v) is 5.46. The smallest absolute Gasteiger partial charge is 0.0483 e. The van der Waals surface area contributed by atoms with Gasteiger partial charge < -0.3 is 4.57 Å². The summed E-state index contributed by atoms with van der Waals surface area (Å²) >= 11 is 0. The van der Waals surface area contributed by atoms with Crippen molar-refractivity contribution in [3.8, 4) is 0 Å². The average molecular weight is 201 g/mol. The minimum absolute atomic E-state index is 0.214. The van der Waals surface area contributed by atoms with Crippen LogP contribution >= 0.6 is 0 Å². The summed E-state index contributed by atoms with van der Waals surface area (Å²) < 4.78 is 2.23. The summed E-state index contributed by atoms with van der Waals surface area (Å²) in [5.41, 5.74) is 4.36. The lowest BCUT2D eigenvalue weighted by atomic mass is 9.86. The van der Waals surface area contributed by atoms with Crippen LogP contribution in [0.5, 0.6) is 0 Å². The van der Waals surface area contributed by atoms with Gasteiger partial charge in [0.15, 0.2) is 0 Å². The van der Waals surface area contributed by atoms with Gasteiger partial charge in [-0.1, -0.05) is 32.9 Å². The van der Waals surface area contributed by atoms with Gasteiger partial charge in [0.25, 0.3) is 0 Å². The lowest BCUT2D eigenvalue weighted by molar-refractivity contribution is 0.593. The van der Waals surface area contributed by atoms with E-state index < -0.39 is 0 Å². The maximum atomic E-state index is 2.27. The highest BCUT2D eigenvalue weighted by molar-refractivity contribution is 5.88. The SMILES string of the molecule is Cc1cccc2c1c(C(C)(C)C)cn2C. The zero-order chi connectivity index (χ0) is 11.2. The van der Waals surface area contributed by atoms with E-state index in [0.29, 0.717) is 0 Å². The normalized spacial score (nSPS) is 12.3. The van der Waals surface area contributed by atoms with Crippen LogP contribution in [0.4, 0.5) is 0 Å². The quantitative estimate of drug-likeness (QED) is 0.611. The van der Waals surface area contributed by atoms with Crippen LogP contribution in [0.25, 0.3) is 10.9 Å². The summed E-state index contributed by atoms with van der Waals surface area (Å²) in [7, 11) is 2.12. The van der Waals surface area contributed by atoms with Crippen LogP contribution in [0.15, 0.2) is 24.4 Å². The van der Waals surface area contributed by atoms with Crippen LogP contribution < -0.4 is 0 Å². The first-order chi connectivity index (χ1) is 6.91. The molecule has 0 aliphatic carbocycles. The third-order valence-corrected chi connectivity index (χ3v) is 3.03. The van der Waals surface area contributed by atoms with Gasteiger partial charge in [0.2, 0.25) is 0 Å². The Morgan fingerprint density at radius 3 is 2.40 bits per heavy atom. The van der Waals surface area contributed by atoms with E-state index in [2.05, 4.69) is 63.7 Å². The topological polar surface area (TPSA) is 4.93 Å². The van der Waals surface area contributed by atoms with E-state index in [-0.39, 0.29) is 5.41 Å². The maximum Gasteiger partial charge on any atom is 0.0483 e. The lowest BCUT2D eigenvalue weighted by Gasteiger charge is -2.18. The zero-order valence-corrected chi connectivity index (χ0v) is 10.3. The molecule has 1 heteroatoms.